The third-order valence-corrected chi connectivity index (χ3v) is 4.45. The number of carbonyl (C=O) groups is 2. The molecule has 0 aliphatic carbocycles. The fraction of sp³-hybridized carbons (Fsp3) is 0.227. The number of aryl methyl sites for hydroxylation is 2. The molecule has 0 spiro atoms. The number of nitrogens with zero attached hydrogens (tertiary/aromatic N) is 1. The van der Waals surface area contributed by atoms with E-state index in [9.17, 15) is 14.7 Å². The van der Waals surface area contributed by atoms with Crippen molar-refractivity contribution in [3.8, 4) is 17.2 Å². The average molecular weight is 394 g/mol. The Labute approximate surface area is 168 Å². The van der Waals surface area contributed by atoms with Crippen LogP contribution in [-0.2, 0) is 4.79 Å². The minimum atomic E-state index is -1.01. The van der Waals surface area contributed by atoms with Gasteiger partial charge in [-0.05, 0) is 43.7 Å². The molecule has 0 radical (unpaired) electrons. The Kier molecular flexibility index (Phi) is 5.97. The quantitative estimate of drug-likeness (QED) is 0.630. The van der Waals surface area contributed by atoms with Crippen LogP contribution >= 0.6 is 0 Å². The maximum atomic E-state index is 12.8. The van der Waals surface area contributed by atoms with Gasteiger partial charge >= 0.3 is 5.97 Å². The van der Waals surface area contributed by atoms with Gasteiger partial charge in [-0.1, -0.05) is 29.8 Å². The van der Waals surface area contributed by atoms with E-state index in [0.717, 1.165) is 5.56 Å². The molecule has 1 aromatic carbocycles. The fourth-order valence-corrected chi connectivity index (χ4v) is 2.93. The van der Waals surface area contributed by atoms with Crippen molar-refractivity contribution in [1.29, 1.82) is 0 Å². The molecule has 150 valence electrons. The second-order valence-corrected chi connectivity index (χ2v) is 6.69. The molecule has 0 fully saturated rings. The summed E-state index contributed by atoms with van der Waals surface area (Å²) in [6, 6.07) is 13.4. The van der Waals surface area contributed by atoms with E-state index in [1.807, 2.05) is 38.1 Å². The number of hydrogen-bond acceptors (Lipinski definition) is 5. The Morgan fingerprint density at radius 2 is 1.83 bits per heavy atom. The monoisotopic (exact) mass is 394 g/mol. The van der Waals surface area contributed by atoms with Gasteiger partial charge in [0.25, 0.3) is 5.91 Å². The molecule has 1 atom stereocenters. The topological polar surface area (TPSA) is 102 Å². The van der Waals surface area contributed by atoms with Crippen LogP contribution in [0.4, 0.5) is 0 Å². The zero-order chi connectivity index (χ0) is 21.0. The largest absolute Gasteiger partial charge is 0.494 e. The van der Waals surface area contributed by atoms with Crippen LogP contribution < -0.4 is 10.1 Å². The molecule has 7 nitrogen and oxygen atoms in total. The Bertz CT molecular complexity index is 1020. The number of carbonyl (C=O) groups excluding carboxylic acids is 1. The number of pyridine rings is 1. The summed E-state index contributed by atoms with van der Waals surface area (Å²) in [5.41, 5.74) is 2.29. The first-order chi connectivity index (χ1) is 13.9. The number of aromatic nitrogens is 1. The number of rotatable bonds is 7. The molecular weight excluding hydrogens is 372 g/mol. The van der Waals surface area contributed by atoms with E-state index in [-0.39, 0.29) is 12.1 Å². The van der Waals surface area contributed by atoms with Crippen LogP contribution in [0.2, 0.25) is 0 Å². The Morgan fingerprint density at radius 1 is 1.10 bits per heavy atom. The molecule has 29 heavy (non-hydrogen) atoms. The van der Waals surface area contributed by atoms with Crippen LogP contribution in [0.25, 0.3) is 11.5 Å². The third-order valence-electron chi connectivity index (χ3n) is 4.45. The number of hydrogen-bond donors (Lipinski definition) is 2. The molecule has 1 amide bonds. The number of amides is 1. The minimum Gasteiger partial charge on any atom is -0.494 e. The molecule has 0 unspecified atom stereocenters. The van der Waals surface area contributed by atoms with Crippen molar-refractivity contribution >= 4 is 11.9 Å². The zero-order valence-corrected chi connectivity index (χ0v) is 16.4. The maximum Gasteiger partial charge on any atom is 0.305 e. The van der Waals surface area contributed by atoms with Gasteiger partial charge in [0.05, 0.1) is 19.6 Å². The number of methoxy groups -OCH3 is 1. The fourth-order valence-electron chi connectivity index (χ4n) is 2.93. The van der Waals surface area contributed by atoms with Crippen LogP contribution in [0.15, 0.2) is 52.9 Å². The van der Waals surface area contributed by atoms with E-state index in [2.05, 4.69) is 10.3 Å². The molecule has 0 saturated carbocycles. The van der Waals surface area contributed by atoms with Gasteiger partial charge in [-0.15, -0.1) is 0 Å². The second kappa shape index (κ2) is 8.60. The van der Waals surface area contributed by atoms with Crippen LogP contribution in [0.1, 0.15) is 39.8 Å². The second-order valence-electron chi connectivity index (χ2n) is 6.69. The summed E-state index contributed by atoms with van der Waals surface area (Å²) in [4.78, 5) is 28.5. The lowest BCUT2D eigenvalue weighted by Gasteiger charge is -2.18. The normalized spacial score (nSPS) is 11.7. The number of ether oxygens (including phenoxy) is 1. The van der Waals surface area contributed by atoms with Crippen LogP contribution in [0.5, 0.6) is 5.75 Å². The predicted molar refractivity (Wildman–Crippen MR) is 107 cm³/mol. The Balaban J connectivity index is 1.89. The molecule has 2 N–H and O–H groups in total. The van der Waals surface area contributed by atoms with Crippen LogP contribution in [0.3, 0.4) is 0 Å². The van der Waals surface area contributed by atoms with Crippen molar-refractivity contribution < 1.29 is 23.8 Å². The van der Waals surface area contributed by atoms with Gasteiger partial charge in [-0.3, -0.25) is 9.59 Å². The van der Waals surface area contributed by atoms with Crippen LogP contribution in [0, 0.1) is 13.8 Å². The van der Waals surface area contributed by atoms with Gasteiger partial charge in [-0.2, -0.15) is 0 Å². The predicted octanol–water partition coefficient (Wildman–Crippen LogP) is 3.91. The molecule has 7 heteroatoms. The lowest BCUT2D eigenvalue weighted by Crippen LogP contribution is -2.30. The van der Waals surface area contributed by atoms with E-state index in [1.54, 1.807) is 18.2 Å². The first-order valence-corrected chi connectivity index (χ1v) is 9.08. The molecule has 3 aromatic rings. The van der Waals surface area contributed by atoms with Gasteiger partial charge in [-0.25, -0.2) is 4.98 Å². The van der Waals surface area contributed by atoms with Crippen LogP contribution in [-0.4, -0.2) is 29.1 Å². The first-order valence-electron chi connectivity index (χ1n) is 9.08. The highest BCUT2D eigenvalue weighted by Gasteiger charge is 2.21. The van der Waals surface area contributed by atoms with Crippen molar-refractivity contribution in [3.05, 3.63) is 71.1 Å². The number of carboxylic acid groups (broad SMARTS) is 1. The van der Waals surface area contributed by atoms with E-state index in [4.69, 9.17) is 9.15 Å². The van der Waals surface area contributed by atoms with E-state index in [0.29, 0.717) is 28.5 Å². The van der Waals surface area contributed by atoms with Gasteiger partial charge in [0.15, 0.2) is 5.76 Å². The van der Waals surface area contributed by atoms with Crippen molar-refractivity contribution in [2.75, 3.05) is 7.11 Å². The van der Waals surface area contributed by atoms with Gasteiger partial charge in [0.1, 0.15) is 22.9 Å². The van der Waals surface area contributed by atoms with E-state index < -0.39 is 17.9 Å². The van der Waals surface area contributed by atoms with E-state index >= 15 is 0 Å². The van der Waals surface area contributed by atoms with Crippen molar-refractivity contribution in [3.63, 3.8) is 0 Å². The summed E-state index contributed by atoms with van der Waals surface area (Å²) in [6.45, 7) is 3.75. The average Bonchev–Trinajstić information content (AvgIpc) is 3.13. The number of aliphatic carboxylic acids is 1. The third kappa shape index (κ3) is 4.82. The Morgan fingerprint density at radius 3 is 2.41 bits per heavy atom. The Hall–Kier alpha value is -3.61. The highest BCUT2D eigenvalue weighted by molar-refractivity contribution is 5.93. The van der Waals surface area contributed by atoms with Crippen molar-refractivity contribution in [2.24, 2.45) is 0 Å². The molecule has 0 aliphatic rings. The molecule has 2 aromatic heterocycles. The SMILES string of the molecule is COc1ccc(C(=O)N[C@@H](CC(=O)O)c2ccc(C)cc2)nc1-c1ccc(C)o1. The summed E-state index contributed by atoms with van der Waals surface area (Å²) in [5.74, 6) is 0.167. The summed E-state index contributed by atoms with van der Waals surface area (Å²) in [6.07, 6.45) is -0.241. The van der Waals surface area contributed by atoms with Gasteiger partial charge in [0.2, 0.25) is 0 Å². The highest BCUT2D eigenvalue weighted by atomic mass is 16.5. The zero-order valence-electron chi connectivity index (χ0n) is 16.4. The lowest BCUT2D eigenvalue weighted by molar-refractivity contribution is -0.137. The molecule has 2 heterocycles. The summed E-state index contributed by atoms with van der Waals surface area (Å²) in [7, 11) is 1.51. The number of nitrogens with one attached hydrogen (secondary N) is 1. The number of carboxylic acids is 1. The first kappa shape index (κ1) is 20.1. The molecule has 0 saturated heterocycles. The van der Waals surface area contributed by atoms with Crippen molar-refractivity contribution in [1.82, 2.24) is 10.3 Å². The molecular formula is C22H22N2O5. The minimum absolute atomic E-state index is 0.136. The molecule has 0 bridgehead atoms. The number of benzene rings is 1. The standard InChI is InChI=1S/C22H22N2O5/c1-13-4-7-15(8-5-13)17(12-20(25)26)24-22(27)16-9-11-18(28-3)21(23-16)19-10-6-14(2)29-19/h4-11,17H,12H2,1-3H3,(H,24,27)(H,25,26)/t17-/m0/s1. The molecule has 0 aliphatic heterocycles. The molecule has 3 rings (SSSR count). The summed E-state index contributed by atoms with van der Waals surface area (Å²) >= 11 is 0. The summed E-state index contributed by atoms with van der Waals surface area (Å²) < 4.78 is 10.9. The smallest absolute Gasteiger partial charge is 0.305 e. The number of furan rings is 1. The van der Waals surface area contributed by atoms with Crippen molar-refractivity contribution in [2.45, 2.75) is 26.3 Å². The highest BCUT2D eigenvalue weighted by Crippen LogP contribution is 2.30. The maximum absolute atomic E-state index is 12.8. The lowest BCUT2D eigenvalue weighted by atomic mass is 10.0. The van der Waals surface area contributed by atoms with E-state index in [1.165, 1.54) is 13.2 Å². The summed E-state index contributed by atoms with van der Waals surface area (Å²) in [5, 5.41) is 12.0. The van der Waals surface area contributed by atoms with Gasteiger partial charge in [0, 0.05) is 0 Å². The van der Waals surface area contributed by atoms with Gasteiger partial charge < -0.3 is 19.6 Å².